The lowest BCUT2D eigenvalue weighted by atomic mass is 10.1. The van der Waals surface area contributed by atoms with Gasteiger partial charge in [0.15, 0.2) is 0 Å². The van der Waals surface area contributed by atoms with Crippen LogP contribution in [-0.2, 0) is 0 Å². The maximum Gasteiger partial charge on any atom is 0.270 e. The summed E-state index contributed by atoms with van der Waals surface area (Å²) in [5.41, 5.74) is 1.86. The molecule has 0 radical (unpaired) electrons. The van der Waals surface area contributed by atoms with Crippen LogP contribution in [0.5, 0.6) is 0 Å². The Morgan fingerprint density at radius 3 is 2.37 bits per heavy atom. The van der Waals surface area contributed by atoms with Crippen molar-refractivity contribution < 1.29 is 14.5 Å². The van der Waals surface area contributed by atoms with Gasteiger partial charge < -0.3 is 10.6 Å². The number of anilines is 1. The van der Waals surface area contributed by atoms with Gasteiger partial charge >= 0.3 is 0 Å². The second-order valence-electron chi connectivity index (χ2n) is 6.56. The summed E-state index contributed by atoms with van der Waals surface area (Å²) >= 11 is 6.03. The summed E-state index contributed by atoms with van der Waals surface area (Å²) in [6, 6.07) is 19.2. The Balaban J connectivity index is 1.70. The van der Waals surface area contributed by atoms with E-state index in [0.717, 1.165) is 11.6 Å². The van der Waals surface area contributed by atoms with Crippen molar-refractivity contribution in [1.82, 2.24) is 5.32 Å². The van der Waals surface area contributed by atoms with Gasteiger partial charge in [0, 0.05) is 23.4 Å². The topological polar surface area (TPSA) is 101 Å². The average molecular weight is 424 g/mol. The van der Waals surface area contributed by atoms with Gasteiger partial charge in [-0.2, -0.15) is 0 Å². The third-order valence-corrected chi connectivity index (χ3v) is 4.75. The minimum absolute atomic E-state index is 0.00206. The maximum atomic E-state index is 12.5. The number of nitrogens with one attached hydrogen (secondary N) is 2. The van der Waals surface area contributed by atoms with Gasteiger partial charge in [0.05, 0.1) is 21.6 Å². The highest BCUT2D eigenvalue weighted by Crippen LogP contribution is 2.24. The van der Waals surface area contributed by atoms with Crippen LogP contribution in [0.2, 0.25) is 5.02 Å². The number of nitro benzene ring substituents is 1. The van der Waals surface area contributed by atoms with Crippen molar-refractivity contribution in [1.29, 1.82) is 0 Å². The predicted molar refractivity (Wildman–Crippen MR) is 115 cm³/mol. The largest absolute Gasteiger partial charge is 0.345 e. The maximum absolute atomic E-state index is 12.5. The molecule has 1 unspecified atom stereocenters. The van der Waals surface area contributed by atoms with E-state index in [1.807, 2.05) is 12.1 Å². The number of halogens is 1. The van der Waals surface area contributed by atoms with Crippen molar-refractivity contribution in [3.05, 3.63) is 105 Å². The van der Waals surface area contributed by atoms with Gasteiger partial charge in [0.1, 0.15) is 0 Å². The Bertz CT molecular complexity index is 1100. The predicted octanol–water partition coefficient (Wildman–Crippen LogP) is 4.99. The number of nitro groups is 1. The lowest BCUT2D eigenvalue weighted by Gasteiger charge is -2.16. The van der Waals surface area contributed by atoms with Crippen LogP contribution < -0.4 is 10.6 Å². The first kappa shape index (κ1) is 21.0. The van der Waals surface area contributed by atoms with Crippen LogP contribution in [0.15, 0.2) is 72.8 Å². The number of non-ortho nitro benzene ring substituents is 1. The molecule has 0 fully saturated rings. The standard InChI is InChI=1S/C22H18ClN3O4/c1-14(24-22(28)19-11-10-18(26(29)30)13-20(19)23)16-8-5-9-17(12-16)25-21(27)15-6-3-2-4-7-15/h2-14H,1H3,(H,24,28)(H,25,27). The third kappa shape index (κ3) is 5.01. The van der Waals surface area contributed by atoms with Crippen LogP contribution >= 0.6 is 11.6 Å². The highest BCUT2D eigenvalue weighted by Gasteiger charge is 2.17. The van der Waals surface area contributed by atoms with Gasteiger partial charge in [-0.25, -0.2) is 0 Å². The number of hydrogen-bond acceptors (Lipinski definition) is 4. The van der Waals surface area contributed by atoms with E-state index in [-0.39, 0.29) is 22.2 Å². The first-order valence-corrected chi connectivity index (χ1v) is 9.44. The fourth-order valence-corrected chi connectivity index (χ4v) is 3.10. The first-order valence-electron chi connectivity index (χ1n) is 9.06. The number of carbonyl (C=O) groups is 2. The SMILES string of the molecule is CC(NC(=O)c1ccc([N+](=O)[O-])cc1Cl)c1cccc(NC(=O)c2ccccc2)c1. The van der Waals surface area contributed by atoms with Gasteiger partial charge in [-0.1, -0.05) is 41.9 Å². The normalized spacial score (nSPS) is 11.4. The zero-order valence-corrected chi connectivity index (χ0v) is 16.7. The molecule has 0 aliphatic rings. The molecule has 3 aromatic carbocycles. The molecule has 152 valence electrons. The minimum Gasteiger partial charge on any atom is -0.345 e. The molecule has 0 aromatic heterocycles. The Kier molecular flexibility index (Phi) is 6.44. The molecular weight excluding hydrogens is 406 g/mol. The summed E-state index contributed by atoms with van der Waals surface area (Å²) in [4.78, 5) is 35.1. The molecule has 1 atom stereocenters. The van der Waals surface area contributed by atoms with Crippen molar-refractivity contribution in [2.45, 2.75) is 13.0 Å². The summed E-state index contributed by atoms with van der Waals surface area (Å²) in [6.07, 6.45) is 0. The van der Waals surface area contributed by atoms with Gasteiger partial charge in [-0.3, -0.25) is 19.7 Å². The molecule has 0 aliphatic carbocycles. The van der Waals surface area contributed by atoms with Crippen molar-refractivity contribution in [2.24, 2.45) is 0 Å². The summed E-state index contributed by atoms with van der Waals surface area (Å²) in [7, 11) is 0. The molecule has 0 aliphatic heterocycles. The molecule has 3 rings (SSSR count). The van der Waals surface area contributed by atoms with Gasteiger partial charge in [0.2, 0.25) is 0 Å². The van der Waals surface area contributed by atoms with Crippen molar-refractivity contribution in [3.63, 3.8) is 0 Å². The zero-order valence-electron chi connectivity index (χ0n) is 16.0. The molecule has 0 saturated carbocycles. The molecule has 2 amide bonds. The fourth-order valence-electron chi connectivity index (χ4n) is 2.84. The number of amides is 2. The Labute approximate surface area is 177 Å². The highest BCUT2D eigenvalue weighted by atomic mass is 35.5. The lowest BCUT2D eigenvalue weighted by Crippen LogP contribution is -2.27. The van der Waals surface area contributed by atoms with Crippen LogP contribution in [0, 0.1) is 10.1 Å². The van der Waals surface area contributed by atoms with E-state index < -0.39 is 16.9 Å². The van der Waals surface area contributed by atoms with E-state index in [9.17, 15) is 19.7 Å². The minimum atomic E-state index is -0.578. The van der Waals surface area contributed by atoms with E-state index in [1.54, 1.807) is 49.4 Å². The Morgan fingerprint density at radius 1 is 0.967 bits per heavy atom. The fraction of sp³-hybridized carbons (Fsp3) is 0.0909. The number of benzene rings is 3. The average Bonchev–Trinajstić information content (AvgIpc) is 2.74. The molecule has 2 N–H and O–H groups in total. The number of nitrogens with zero attached hydrogens (tertiary/aromatic N) is 1. The molecule has 3 aromatic rings. The molecular formula is C22H18ClN3O4. The van der Waals surface area contributed by atoms with Crippen LogP contribution in [0.1, 0.15) is 39.2 Å². The van der Waals surface area contributed by atoms with Gasteiger partial charge in [-0.15, -0.1) is 0 Å². The lowest BCUT2D eigenvalue weighted by molar-refractivity contribution is -0.384. The van der Waals surface area contributed by atoms with Crippen molar-refractivity contribution in [3.8, 4) is 0 Å². The first-order chi connectivity index (χ1) is 14.3. The highest BCUT2D eigenvalue weighted by molar-refractivity contribution is 6.34. The Hall–Kier alpha value is -3.71. The van der Waals surface area contributed by atoms with E-state index in [0.29, 0.717) is 11.3 Å². The molecule has 8 heteroatoms. The summed E-state index contributed by atoms with van der Waals surface area (Å²) in [5, 5.41) is 16.4. The summed E-state index contributed by atoms with van der Waals surface area (Å²) < 4.78 is 0. The van der Waals surface area contributed by atoms with E-state index in [1.165, 1.54) is 12.1 Å². The second kappa shape index (κ2) is 9.19. The number of hydrogen-bond donors (Lipinski definition) is 2. The van der Waals surface area contributed by atoms with Crippen LogP contribution in [0.3, 0.4) is 0 Å². The molecule has 30 heavy (non-hydrogen) atoms. The zero-order chi connectivity index (χ0) is 21.7. The van der Waals surface area contributed by atoms with Crippen LogP contribution in [0.4, 0.5) is 11.4 Å². The quantitative estimate of drug-likeness (QED) is 0.430. The van der Waals surface area contributed by atoms with Crippen molar-refractivity contribution in [2.75, 3.05) is 5.32 Å². The van der Waals surface area contributed by atoms with Gasteiger partial charge in [0.25, 0.3) is 17.5 Å². The molecule has 0 bridgehead atoms. The number of carbonyl (C=O) groups excluding carboxylic acids is 2. The molecule has 0 spiro atoms. The van der Waals surface area contributed by atoms with E-state index in [4.69, 9.17) is 11.6 Å². The number of rotatable bonds is 6. The third-order valence-electron chi connectivity index (χ3n) is 4.44. The van der Waals surface area contributed by atoms with Crippen LogP contribution in [-0.4, -0.2) is 16.7 Å². The van der Waals surface area contributed by atoms with Crippen LogP contribution in [0.25, 0.3) is 0 Å². The molecule has 7 nitrogen and oxygen atoms in total. The second-order valence-corrected chi connectivity index (χ2v) is 6.97. The van der Waals surface area contributed by atoms with Gasteiger partial charge in [-0.05, 0) is 42.8 Å². The molecule has 0 saturated heterocycles. The summed E-state index contributed by atoms with van der Waals surface area (Å²) in [5.74, 6) is -0.691. The van der Waals surface area contributed by atoms with Crippen molar-refractivity contribution >= 4 is 34.8 Å². The molecule has 0 heterocycles. The summed E-state index contributed by atoms with van der Waals surface area (Å²) in [6.45, 7) is 1.79. The van der Waals surface area contributed by atoms with E-state index in [2.05, 4.69) is 10.6 Å². The Morgan fingerprint density at radius 2 is 1.70 bits per heavy atom. The monoisotopic (exact) mass is 423 g/mol. The smallest absolute Gasteiger partial charge is 0.270 e. The van der Waals surface area contributed by atoms with E-state index >= 15 is 0 Å².